The molecule has 0 saturated carbocycles. The average molecular weight is 301 g/mol. The number of hydrogen-bond acceptors (Lipinski definition) is 2. The summed E-state index contributed by atoms with van der Waals surface area (Å²) in [5, 5.41) is 3.02. The SMILES string of the molecule is CCC(Oc1ccc(C)c(C)c1)C(=O)NCC1=CCCCC1. The van der Waals surface area contributed by atoms with E-state index in [2.05, 4.69) is 25.2 Å². The van der Waals surface area contributed by atoms with Gasteiger partial charge in [0, 0.05) is 6.54 Å². The van der Waals surface area contributed by atoms with Crippen molar-refractivity contribution >= 4 is 5.91 Å². The molecule has 22 heavy (non-hydrogen) atoms. The Morgan fingerprint density at radius 3 is 2.73 bits per heavy atom. The second-order valence-corrected chi connectivity index (χ2v) is 6.09. The van der Waals surface area contributed by atoms with E-state index in [-0.39, 0.29) is 5.91 Å². The molecule has 1 amide bonds. The van der Waals surface area contributed by atoms with E-state index in [1.165, 1.54) is 29.5 Å². The monoisotopic (exact) mass is 301 g/mol. The molecule has 0 aliphatic heterocycles. The zero-order valence-electron chi connectivity index (χ0n) is 13.9. The van der Waals surface area contributed by atoms with Gasteiger partial charge in [-0.3, -0.25) is 4.79 Å². The average Bonchev–Trinajstić information content (AvgIpc) is 2.54. The molecule has 3 nitrogen and oxygen atoms in total. The van der Waals surface area contributed by atoms with Crippen molar-refractivity contribution < 1.29 is 9.53 Å². The predicted molar refractivity (Wildman–Crippen MR) is 90.2 cm³/mol. The molecule has 0 spiro atoms. The minimum absolute atomic E-state index is 0.0211. The summed E-state index contributed by atoms with van der Waals surface area (Å²) in [5.41, 5.74) is 3.76. The van der Waals surface area contributed by atoms with Crippen molar-refractivity contribution in [1.82, 2.24) is 5.32 Å². The minimum atomic E-state index is -0.425. The number of ether oxygens (including phenoxy) is 1. The first-order valence-corrected chi connectivity index (χ1v) is 8.29. The normalized spacial score (nSPS) is 15.9. The van der Waals surface area contributed by atoms with Gasteiger partial charge in [-0.1, -0.05) is 24.6 Å². The van der Waals surface area contributed by atoms with Gasteiger partial charge in [0.05, 0.1) is 0 Å². The number of benzene rings is 1. The summed E-state index contributed by atoms with van der Waals surface area (Å²) in [7, 11) is 0. The molecule has 120 valence electrons. The van der Waals surface area contributed by atoms with E-state index in [0.29, 0.717) is 13.0 Å². The van der Waals surface area contributed by atoms with Crippen molar-refractivity contribution in [3.63, 3.8) is 0 Å². The van der Waals surface area contributed by atoms with E-state index in [1.54, 1.807) is 0 Å². The van der Waals surface area contributed by atoms with E-state index >= 15 is 0 Å². The smallest absolute Gasteiger partial charge is 0.261 e. The highest BCUT2D eigenvalue weighted by molar-refractivity contribution is 5.81. The topological polar surface area (TPSA) is 38.3 Å². The van der Waals surface area contributed by atoms with Gasteiger partial charge >= 0.3 is 0 Å². The standard InChI is InChI=1S/C19H27NO2/c1-4-18(22-17-11-10-14(2)15(3)12-17)19(21)20-13-16-8-6-5-7-9-16/h8,10-12,18H,4-7,9,13H2,1-3H3,(H,20,21). The summed E-state index contributed by atoms with van der Waals surface area (Å²) >= 11 is 0. The molecule has 0 bridgehead atoms. The Bertz CT molecular complexity index is 548. The molecule has 0 saturated heterocycles. The Hall–Kier alpha value is -1.77. The molecule has 1 unspecified atom stereocenters. The van der Waals surface area contributed by atoms with Gasteiger partial charge in [0.15, 0.2) is 6.10 Å². The van der Waals surface area contributed by atoms with E-state index in [4.69, 9.17) is 4.74 Å². The lowest BCUT2D eigenvalue weighted by molar-refractivity contribution is -0.127. The zero-order chi connectivity index (χ0) is 15.9. The lowest BCUT2D eigenvalue weighted by atomic mass is 9.99. The maximum atomic E-state index is 12.3. The van der Waals surface area contributed by atoms with Crippen molar-refractivity contribution in [3.05, 3.63) is 41.0 Å². The minimum Gasteiger partial charge on any atom is -0.481 e. The molecular formula is C19H27NO2. The van der Waals surface area contributed by atoms with Gasteiger partial charge in [0.2, 0.25) is 0 Å². The number of amides is 1. The Morgan fingerprint density at radius 1 is 1.27 bits per heavy atom. The Labute approximate surface area is 133 Å². The quantitative estimate of drug-likeness (QED) is 0.804. The number of aryl methyl sites for hydroxylation is 2. The van der Waals surface area contributed by atoms with E-state index in [1.807, 2.05) is 25.1 Å². The van der Waals surface area contributed by atoms with Crippen LogP contribution in [-0.2, 0) is 4.79 Å². The molecule has 0 heterocycles. The third kappa shape index (κ3) is 4.62. The number of allylic oxidation sites excluding steroid dienone is 1. The maximum Gasteiger partial charge on any atom is 0.261 e. The lowest BCUT2D eigenvalue weighted by Gasteiger charge is -2.19. The molecule has 2 rings (SSSR count). The third-order valence-electron chi connectivity index (χ3n) is 4.29. The number of carbonyl (C=O) groups is 1. The summed E-state index contributed by atoms with van der Waals surface area (Å²) in [6.07, 6.45) is 7.25. The van der Waals surface area contributed by atoms with Crippen LogP contribution < -0.4 is 10.1 Å². The van der Waals surface area contributed by atoms with Crippen LogP contribution in [0.3, 0.4) is 0 Å². The first-order chi connectivity index (χ1) is 10.6. The third-order valence-corrected chi connectivity index (χ3v) is 4.29. The van der Waals surface area contributed by atoms with Crippen molar-refractivity contribution in [2.24, 2.45) is 0 Å². The van der Waals surface area contributed by atoms with E-state index < -0.39 is 6.10 Å². The molecule has 3 heteroatoms. The van der Waals surface area contributed by atoms with Crippen LogP contribution in [0.25, 0.3) is 0 Å². The Kier molecular flexibility index (Phi) is 6.05. The fourth-order valence-corrected chi connectivity index (χ4v) is 2.65. The molecule has 1 atom stereocenters. The summed E-state index contributed by atoms with van der Waals surface area (Å²) in [6.45, 7) is 6.76. The summed E-state index contributed by atoms with van der Waals surface area (Å²) < 4.78 is 5.87. The Morgan fingerprint density at radius 2 is 2.09 bits per heavy atom. The van der Waals surface area contributed by atoms with Crippen molar-refractivity contribution in [1.29, 1.82) is 0 Å². The highest BCUT2D eigenvalue weighted by Crippen LogP contribution is 2.19. The van der Waals surface area contributed by atoms with Crippen LogP contribution in [-0.4, -0.2) is 18.6 Å². The van der Waals surface area contributed by atoms with Gasteiger partial charge in [0.1, 0.15) is 5.75 Å². The van der Waals surface area contributed by atoms with E-state index in [0.717, 1.165) is 18.6 Å². The van der Waals surface area contributed by atoms with Gasteiger partial charge < -0.3 is 10.1 Å². The fourth-order valence-electron chi connectivity index (χ4n) is 2.65. The number of carbonyl (C=O) groups excluding carboxylic acids is 1. The van der Waals surface area contributed by atoms with Crippen LogP contribution in [0.5, 0.6) is 5.75 Å². The van der Waals surface area contributed by atoms with Crippen molar-refractivity contribution in [3.8, 4) is 5.75 Å². The van der Waals surface area contributed by atoms with Crippen LogP contribution in [0.15, 0.2) is 29.8 Å². The maximum absolute atomic E-state index is 12.3. The predicted octanol–water partition coefficient (Wildman–Crippen LogP) is 4.08. The van der Waals surface area contributed by atoms with Crippen molar-refractivity contribution in [2.45, 2.75) is 59.0 Å². The fraction of sp³-hybridized carbons (Fsp3) is 0.526. The van der Waals surface area contributed by atoms with Crippen LogP contribution in [0.4, 0.5) is 0 Å². The highest BCUT2D eigenvalue weighted by atomic mass is 16.5. The number of hydrogen-bond donors (Lipinski definition) is 1. The lowest BCUT2D eigenvalue weighted by Crippen LogP contribution is -2.39. The molecule has 1 aromatic carbocycles. The largest absolute Gasteiger partial charge is 0.481 e. The van der Waals surface area contributed by atoms with Crippen LogP contribution in [0.1, 0.15) is 50.2 Å². The summed E-state index contributed by atoms with van der Waals surface area (Å²) in [5.74, 6) is 0.745. The van der Waals surface area contributed by atoms with Gasteiger partial charge in [0.25, 0.3) is 5.91 Å². The second kappa shape index (κ2) is 8.02. The summed E-state index contributed by atoms with van der Waals surface area (Å²) in [6, 6.07) is 5.96. The van der Waals surface area contributed by atoms with Crippen LogP contribution >= 0.6 is 0 Å². The molecule has 0 aromatic heterocycles. The second-order valence-electron chi connectivity index (χ2n) is 6.09. The molecule has 1 aromatic rings. The molecule has 0 radical (unpaired) electrons. The highest BCUT2D eigenvalue weighted by Gasteiger charge is 2.18. The van der Waals surface area contributed by atoms with Gasteiger partial charge in [-0.05, 0) is 69.2 Å². The summed E-state index contributed by atoms with van der Waals surface area (Å²) in [4.78, 5) is 12.3. The number of nitrogens with one attached hydrogen (secondary N) is 1. The zero-order valence-corrected chi connectivity index (χ0v) is 13.9. The first-order valence-electron chi connectivity index (χ1n) is 8.29. The van der Waals surface area contributed by atoms with Gasteiger partial charge in [-0.2, -0.15) is 0 Å². The molecular weight excluding hydrogens is 274 g/mol. The first kappa shape index (κ1) is 16.6. The molecule has 1 aliphatic rings. The van der Waals surface area contributed by atoms with Crippen LogP contribution in [0.2, 0.25) is 0 Å². The number of rotatable bonds is 6. The molecule has 1 N–H and O–H groups in total. The van der Waals surface area contributed by atoms with E-state index in [9.17, 15) is 4.79 Å². The van der Waals surface area contributed by atoms with Gasteiger partial charge in [-0.15, -0.1) is 0 Å². The van der Waals surface area contributed by atoms with Crippen molar-refractivity contribution in [2.75, 3.05) is 6.54 Å². The van der Waals surface area contributed by atoms with Crippen LogP contribution in [0, 0.1) is 13.8 Å². The molecule has 1 aliphatic carbocycles. The Balaban J connectivity index is 1.90. The van der Waals surface area contributed by atoms with Gasteiger partial charge in [-0.25, -0.2) is 0 Å². The molecule has 0 fully saturated rings.